The second-order valence-corrected chi connectivity index (χ2v) is 15.9. The number of imidazole rings is 1. The number of carbonyl (C=O) groups is 4. The maximum atomic E-state index is 14.1. The lowest BCUT2D eigenvalue weighted by Crippen LogP contribution is -2.59. The number of nitrogens with one attached hydrogen (secondary N) is 3. The van der Waals surface area contributed by atoms with E-state index in [2.05, 4.69) is 16.0 Å². The van der Waals surface area contributed by atoms with E-state index in [-0.39, 0.29) is 30.0 Å². The van der Waals surface area contributed by atoms with Crippen molar-refractivity contribution in [2.45, 2.75) is 95.4 Å². The van der Waals surface area contributed by atoms with Crippen LogP contribution in [0.4, 0.5) is 0 Å². The molecule has 1 fully saturated rings. The van der Waals surface area contributed by atoms with Crippen molar-refractivity contribution in [2.24, 2.45) is 24.4 Å². The van der Waals surface area contributed by atoms with E-state index in [0.29, 0.717) is 69.6 Å². The molecule has 4 aromatic rings. The van der Waals surface area contributed by atoms with Gasteiger partial charge in [-0.2, -0.15) is 0 Å². The number of aromatic nitrogens is 2. The lowest BCUT2D eigenvalue weighted by atomic mass is 9.99. The molecule has 0 saturated carbocycles. The zero-order chi connectivity index (χ0) is 41.1. The number of carbonyl (C=O) groups excluding carboxylic acids is 4. The van der Waals surface area contributed by atoms with Crippen LogP contribution in [0, 0.1) is 5.92 Å². The Morgan fingerprint density at radius 2 is 1.35 bits per heavy atom. The van der Waals surface area contributed by atoms with Gasteiger partial charge in [-0.1, -0.05) is 86.1 Å². The van der Waals surface area contributed by atoms with Crippen molar-refractivity contribution in [3.8, 4) is 0 Å². The first kappa shape index (κ1) is 43.1. The van der Waals surface area contributed by atoms with Gasteiger partial charge in [0.05, 0.1) is 17.1 Å². The van der Waals surface area contributed by atoms with E-state index in [9.17, 15) is 24.0 Å². The summed E-state index contributed by atoms with van der Waals surface area (Å²) in [6.45, 7) is 5.15. The van der Waals surface area contributed by atoms with E-state index in [1.54, 1.807) is 33.2 Å². The van der Waals surface area contributed by atoms with Gasteiger partial charge < -0.3 is 32.3 Å². The van der Waals surface area contributed by atoms with E-state index in [1.807, 2.05) is 80.6 Å². The number of halogens is 1. The third kappa shape index (κ3) is 11.6. The number of nitrogens with two attached hydrogens (primary N) is 2. The van der Waals surface area contributed by atoms with Crippen molar-refractivity contribution >= 4 is 46.3 Å². The molecule has 0 unspecified atom stereocenters. The number of benzene rings is 3. The maximum absolute atomic E-state index is 14.1. The van der Waals surface area contributed by atoms with Crippen molar-refractivity contribution in [1.29, 1.82) is 0 Å². The van der Waals surface area contributed by atoms with Gasteiger partial charge in [0.1, 0.15) is 18.1 Å². The Bertz CT molecular complexity index is 2030. The Balaban J connectivity index is 1.28. The van der Waals surface area contributed by atoms with Crippen molar-refractivity contribution in [3.63, 3.8) is 0 Å². The molecule has 0 radical (unpaired) electrons. The highest BCUT2D eigenvalue weighted by Crippen LogP contribution is 2.27. The van der Waals surface area contributed by atoms with Crippen LogP contribution in [-0.4, -0.2) is 81.5 Å². The molecule has 4 atom stereocenters. The van der Waals surface area contributed by atoms with Crippen molar-refractivity contribution in [3.05, 3.63) is 105 Å². The SMILES string of the molecule is CC(C)C[C@@H](NC(=O)[C@@H](Cc1ccccc1)NC(=O)[C@H](N)Cc1ccccc1)C(=O)N[C@H](CCCCN)C(=O)N1CCC(n2c(=O)n(C)c3cc(Cl)ccc32)CC1. The average Bonchev–Trinajstić information content (AvgIpc) is 3.45. The van der Waals surface area contributed by atoms with Gasteiger partial charge in [0.15, 0.2) is 0 Å². The molecular weight excluding hydrogens is 744 g/mol. The molecule has 1 aliphatic rings. The van der Waals surface area contributed by atoms with E-state index in [4.69, 9.17) is 23.1 Å². The topological polar surface area (TPSA) is 187 Å². The van der Waals surface area contributed by atoms with Crippen molar-refractivity contribution in [1.82, 2.24) is 30.0 Å². The Morgan fingerprint density at radius 3 is 1.96 bits per heavy atom. The minimum atomic E-state index is -1.02. The van der Waals surface area contributed by atoms with E-state index >= 15 is 0 Å². The molecule has 13 nitrogen and oxygen atoms in total. The number of piperidine rings is 1. The number of amides is 4. The first-order valence-corrected chi connectivity index (χ1v) is 20.3. The zero-order valence-corrected chi connectivity index (χ0v) is 33.9. The van der Waals surface area contributed by atoms with Gasteiger partial charge in [-0.3, -0.25) is 28.3 Å². The summed E-state index contributed by atoms with van der Waals surface area (Å²) in [4.78, 5) is 70.7. The minimum Gasteiger partial charge on any atom is -0.343 e. The van der Waals surface area contributed by atoms with Crippen molar-refractivity contribution in [2.75, 3.05) is 19.6 Å². The number of rotatable bonds is 18. The number of likely N-dealkylation sites (tertiary alicyclic amines) is 1. The summed E-state index contributed by atoms with van der Waals surface area (Å²) in [5, 5.41) is 9.28. The van der Waals surface area contributed by atoms with Gasteiger partial charge in [0.2, 0.25) is 23.6 Å². The lowest BCUT2D eigenvalue weighted by molar-refractivity contribution is -0.139. The van der Waals surface area contributed by atoms with Crippen LogP contribution in [0.25, 0.3) is 11.0 Å². The standard InChI is InChI=1S/C43H57ClN8O5/c1-28(2)24-35(49-41(55)36(26-30-14-8-5-9-15-30)48-39(53)33(46)25-29-12-6-4-7-13-29)40(54)47-34(16-10-11-21-45)42(56)51-22-19-32(20-23-51)52-37-18-17-31(44)27-38(37)50(3)43(52)57/h4-9,12-15,17-18,27-28,32-36H,10-11,16,19-26,45-46H2,1-3H3,(H,47,54)(H,48,53)(H,49,55)/t33-,34-,35-,36-/m1/s1. The first-order chi connectivity index (χ1) is 27.4. The molecule has 7 N–H and O–H groups in total. The molecule has 4 amide bonds. The smallest absolute Gasteiger partial charge is 0.329 e. The summed E-state index contributed by atoms with van der Waals surface area (Å²) in [6.07, 6.45) is 3.57. The van der Waals surface area contributed by atoms with Gasteiger partial charge in [0.25, 0.3) is 0 Å². The van der Waals surface area contributed by atoms with Gasteiger partial charge >= 0.3 is 5.69 Å². The average molecular weight is 801 g/mol. The Morgan fingerprint density at radius 1 is 0.772 bits per heavy atom. The second-order valence-electron chi connectivity index (χ2n) is 15.5. The highest BCUT2D eigenvalue weighted by molar-refractivity contribution is 6.31. The van der Waals surface area contributed by atoms with Gasteiger partial charge in [-0.05, 0) is 86.7 Å². The fourth-order valence-corrected chi connectivity index (χ4v) is 7.72. The van der Waals surface area contributed by atoms with Crippen LogP contribution in [0.15, 0.2) is 83.7 Å². The number of aryl methyl sites for hydroxylation is 1. The fraction of sp³-hybridized carbons (Fsp3) is 0.465. The summed E-state index contributed by atoms with van der Waals surface area (Å²) in [7, 11) is 1.72. The van der Waals surface area contributed by atoms with Crippen molar-refractivity contribution < 1.29 is 19.2 Å². The summed E-state index contributed by atoms with van der Waals surface area (Å²) >= 11 is 6.22. The van der Waals surface area contributed by atoms with Crippen LogP contribution in [0.2, 0.25) is 5.02 Å². The molecule has 5 rings (SSSR count). The number of fused-ring (bicyclic) bond motifs is 1. The first-order valence-electron chi connectivity index (χ1n) is 20.0. The quantitative estimate of drug-likeness (QED) is 0.0952. The van der Waals surface area contributed by atoms with Gasteiger partial charge in [0, 0.05) is 37.6 Å². The minimum absolute atomic E-state index is 0.0152. The molecule has 0 spiro atoms. The van der Waals surface area contributed by atoms with Crippen LogP contribution in [0.1, 0.15) is 69.5 Å². The summed E-state index contributed by atoms with van der Waals surface area (Å²) in [5.74, 6) is -1.69. The number of hydrogen-bond acceptors (Lipinski definition) is 7. The predicted molar refractivity (Wildman–Crippen MR) is 223 cm³/mol. The molecule has 0 bridgehead atoms. The highest BCUT2D eigenvalue weighted by atomic mass is 35.5. The summed E-state index contributed by atoms with van der Waals surface area (Å²) in [5.41, 5.74) is 15.2. The molecule has 0 aliphatic carbocycles. The molecule has 3 aromatic carbocycles. The summed E-state index contributed by atoms with van der Waals surface area (Å²) < 4.78 is 3.38. The van der Waals surface area contributed by atoms with E-state index in [0.717, 1.165) is 22.2 Å². The monoisotopic (exact) mass is 800 g/mol. The Kier molecular flexibility index (Phi) is 15.5. The normalized spacial score (nSPS) is 15.5. The molecule has 14 heteroatoms. The van der Waals surface area contributed by atoms with E-state index in [1.165, 1.54) is 0 Å². The molecule has 2 heterocycles. The van der Waals surface area contributed by atoms with Crippen LogP contribution in [0.5, 0.6) is 0 Å². The largest absolute Gasteiger partial charge is 0.343 e. The number of nitrogens with zero attached hydrogens (tertiary/aromatic N) is 3. The van der Waals surface area contributed by atoms with Gasteiger partial charge in [-0.15, -0.1) is 0 Å². The third-order valence-electron chi connectivity index (χ3n) is 10.6. The fourth-order valence-electron chi connectivity index (χ4n) is 7.55. The lowest BCUT2D eigenvalue weighted by Gasteiger charge is -2.35. The van der Waals surface area contributed by atoms with Crippen LogP contribution in [-0.2, 0) is 39.1 Å². The third-order valence-corrected chi connectivity index (χ3v) is 10.9. The number of hydrogen-bond donors (Lipinski definition) is 5. The molecule has 57 heavy (non-hydrogen) atoms. The summed E-state index contributed by atoms with van der Waals surface area (Å²) in [6, 6.07) is 20.3. The molecule has 306 valence electrons. The Labute approximate surface area is 339 Å². The predicted octanol–water partition coefficient (Wildman–Crippen LogP) is 3.60. The highest BCUT2D eigenvalue weighted by Gasteiger charge is 2.34. The maximum Gasteiger partial charge on any atom is 0.329 e. The Hall–Kier alpha value is -4.98. The van der Waals surface area contributed by atoms with Crippen LogP contribution >= 0.6 is 11.6 Å². The molecule has 1 aliphatic heterocycles. The zero-order valence-electron chi connectivity index (χ0n) is 33.2. The second kappa shape index (κ2) is 20.4. The van der Waals surface area contributed by atoms with Crippen LogP contribution < -0.4 is 33.1 Å². The van der Waals surface area contributed by atoms with Crippen LogP contribution in [0.3, 0.4) is 0 Å². The molecule has 1 saturated heterocycles. The molecule has 1 aromatic heterocycles. The molecular formula is C43H57ClN8O5. The van der Waals surface area contributed by atoms with Gasteiger partial charge in [-0.25, -0.2) is 4.79 Å². The number of unbranched alkanes of at least 4 members (excludes halogenated alkanes) is 1. The van der Waals surface area contributed by atoms with E-state index < -0.39 is 41.9 Å².